The molecule has 3 rings (SSSR count). The van der Waals surface area contributed by atoms with Crippen LogP contribution in [0.25, 0.3) is 11.3 Å². The molecule has 0 spiro atoms. The summed E-state index contributed by atoms with van der Waals surface area (Å²) in [6.07, 6.45) is 1.36. The van der Waals surface area contributed by atoms with Gasteiger partial charge in [-0.15, -0.1) is 0 Å². The van der Waals surface area contributed by atoms with E-state index in [1.807, 2.05) is 19.1 Å². The maximum atomic E-state index is 12.1. The number of hydrogen-bond donors (Lipinski definition) is 1. The Morgan fingerprint density at radius 2 is 2.00 bits per heavy atom. The Kier molecular flexibility index (Phi) is 5.33. The highest BCUT2D eigenvalue weighted by Gasteiger charge is 2.13. The zero-order valence-electron chi connectivity index (χ0n) is 14.2. The van der Waals surface area contributed by atoms with Crippen molar-refractivity contribution in [2.45, 2.75) is 6.92 Å². The molecule has 0 radical (unpaired) electrons. The number of amides is 1. The monoisotopic (exact) mass is 383 g/mol. The average molecular weight is 384 g/mol. The molecule has 0 atom stereocenters. The summed E-state index contributed by atoms with van der Waals surface area (Å²) < 4.78 is 5.61. The Labute approximate surface area is 159 Å². The Morgan fingerprint density at radius 3 is 2.70 bits per heavy atom. The number of nitrogens with zero attached hydrogens (tertiary/aromatic N) is 2. The van der Waals surface area contributed by atoms with Crippen LogP contribution in [0.5, 0.6) is 0 Å². The molecule has 0 bridgehead atoms. The number of carbonyl (C=O) groups is 1. The number of nitrogens with one attached hydrogen (secondary N) is 1. The van der Waals surface area contributed by atoms with E-state index < -0.39 is 4.92 Å². The molecule has 0 saturated carbocycles. The van der Waals surface area contributed by atoms with Crippen molar-refractivity contribution in [3.63, 3.8) is 0 Å². The first kappa shape index (κ1) is 18.3. The molecule has 1 heterocycles. The molecular weight excluding hydrogens is 370 g/mol. The average Bonchev–Trinajstić information content (AvgIpc) is 3.10. The maximum absolute atomic E-state index is 12.1. The van der Waals surface area contributed by atoms with Gasteiger partial charge in [0.25, 0.3) is 11.6 Å². The second-order valence-electron chi connectivity index (χ2n) is 5.64. The van der Waals surface area contributed by atoms with Gasteiger partial charge in [-0.1, -0.05) is 29.8 Å². The second-order valence-corrected chi connectivity index (χ2v) is 6.04. The number of hydrazone groups is 1. The molecular formula is C19H14ClN3O4. The highest BCUT2D eigenvalue weighted by atomic mass is 35.5. The summed E-state index contributed by atoms with van der Waals surface area (Å²) in [5.74, 6) is 0.501. The molecule has 0 fully saturated rings. The largest absolute Gasteiger partial charge is 0.455 e. The first-order valence-electron chi connectivity index (χ1n) is 7.89. The van der Waals surface area contributed by atoms with Crippen molar-refractivity contribution in [2.75, 3.05) is 0 Å². The predicted octanol–water partition coefficient (Wildman–Crippen LogP) is 4.58. The zero-order chi connectivity index (χ0) is 19.4. The number of nitro benzene ring substituents is 1. The number of non-ortho nitro benzene ring substituents is 1. The summed E-state index contributed by atoms with van der Waals surface area (Å²) in [6, 6.07) is 14.6. The van der Waals surface area contributed by atoms with Crippen LogP contribution in [-0.4, -0.2) is 17.0 Å². The van der Waals surface area contributed by atoms with E-state index in [4.69, 9.17) is 16.0 Å². The van der Waals surface area contributed by atoms with Gasteiger partial charge in [-0.25, -0.2) is 5.43 Å². The molecule has 0 unspecified atom stereocenters. The van der Waals surface area contributed by atoms with E-state index in [0.717, 1.165) is 5.56 Å². The predicted molar refractivity (Wildman–Crippen MR) is 102 cm³/mol. The molecule has 1 N–H and O–H groups in total. The summed E-state index contributed by atoms with van der Waals surface area (Å²) in [7, 11) is 0. The van der Waals surface area contributed by atoms with E-state index in [1.54, 1.807) is 24.3 Å². The van der Waals surface area contributed by atoms with Gasteiger partial charge in [0.15, 0.2) is 0 Å². The molecule has 0 aliphatic rings. The van der Waals surface area contributed by atoms with Gasteiger partial charge >= 0.3 is 0 Å². The third kappa shape index (κ3) is 4.21. The molecule has 1 aromatic heterocycles. The topological polar surface area (TPSA) is 97.7 Å². The van der Waals surface area contributed by atoms with Crippen LogP contribution in [0.3, 0.4) is 0 Å². The summed E-state index contributed by atoms with van der Waals surface area (Å²) in [5, 5.41) is 14.9. The van der Waals surface area contributed by atoms with E-state index in [0.29, 0.717) is 22.6 Å². The third-order valence-corrected chi connectivity index (χ3v) is 4.12. The fourth-order valence-electron chi connectivity index (χ4n) is 2.43. The SMILES string of the molecule is Cc1ccccc1C(=O)N/N=C\c1ccc(-c2ccc([N+](=O)[O-])cc2Cl)o1. The van der Waals surface area contributed by atoms with Gasteiger partial charge in [-0.3, -0.25) is 14.9 Å². The van der Waals surface area contributed by atoms with Gasteiger partial charge in [0.1, 0.15) is 11.5 Å². The highest BCUT2D eigenvalue weighted by Crippen LogP contribution is 2.32. The maximum Gasteiger partial charge on any atom is 0.271 e. The Hall–Kier alpha value is -3.45. The van der Waals surface area contributed by atoms with Crippen molar-refractivity contribution in [1.29, 1.82) is 0 Å². The van der Waals surface area contributed by atoms with Crippen molar-refractivity contribution in [3.8, 4) is 11.3 Å². The molecule has 136 valence electrons. The van der Waals surface area contributed by atoms with Crippen molar-refractivity contribution >= 4 is 29.4 Å². The summed E-state index contributed by atoms with van der Waals surface area (Å²) in [6.45, 7) is 1.84. The molecule has 7 nitrogen and oxygen atoms in total. The van der Waals surface area contributed by atoms with Gasteiger partial charge in [0.2, 0.25) is 0 Å². The molecule has 0 aliphatic carbocycles. The minimum absolute atomic E-state index is 0.101. The number of furan rings is 1. The normalized spacial score (nSPS) is 10.9. The quantitative estimate of drug-likeness (QED) is 0.396. The smallest absolute Gasteiger partial charge is 0.271 e. The van der Waals surface area contributed by atoms with Crippen LogP contribution < -0.4 is 5.43 Å². The molecule has 0 saturated heterocycles. The lowest BCUT2D eigenvalue weighted by Gasteiger charge is -2.02. The fraction of sp³-hybridized carbons (Fsp3) is 0.0526. The van der Waals surface area contributed by atoms with Crippen LogP contribution >= 0.6 is 11.6 Å². The summed E-state index contributed by atoms with van der Waals surface area (Å²) in [4.78, 5) is 22.3. The lowest BCUT2D eigenvalue weighted by Crippen LogP contribution is -2.18. The van der Waals surface area contributed by atoms with Gasteiger partial charge in [-0.2, -0.15) is 5.10 Å². The van der Waals surface area contributed by atoms with Gasteiger partial charge in [0, 0.05) is 23.3 Å². The molecule has 0 aliphatic heterocycles. The number of aryl methyl sites for hydroxylation is 1. The molecule has 1 amide bonds. The molecule has 2 aromatic carbocycles. The molecule has 8 heteroatoms. The first-order valence-corrected chi connectivity index (χ1v) is 8.26. The van der Waals surface area contributed by atoms with Crippen LogP contribution in [0.15, 0.2) is 64.1 Å². The Balaban J connectivity index is 1.71. The van der Waals surface area contributed by atoms with E-state index >= 15 is 0 Å². The van der Waals surface area contributed by atoms with Gasteiger partial charge in [0.05, 0.1) is 16.2 Å². The number of carbonyl (C=O) groups excluding carboxylic acids is 1. The molecule has 3 aromatic rings. The molecule has 27 heavy (non-hydrogen) atoms. The minimum atomic E-state index is -0.521. The Bertz CT molecular complexity index is 1040. The van der Waals surface area contributed by atoms with Crippen molar-refractivity contribution in [2.24, 2.45) is 5.10 Å². The fourth-order valence-corrected chi connectivity index (χ4v) is 2.69. The third-order valence-electron chi connectivity index (χ3n) is 3.80. The van der Waals surface area contributed by atoms with Crippen molar-refractivity contribution in [1.82, 2.24) is 5.43 Å². The minimum Gasteiger partial charge on any atom is -0.455 e. The van der Waals surface area contributed by atoms with Crippen molar-refractivity contribution < 1.29 is 14.1 Å². The standard InChI is InChI=1S/C19H14ClN3O4/c1-12-4-2-3-5-15(12)19(24)22-21-11-14-7-9-18(27-14)16-8-6-13(23(25)26)10-17(16)20/h2-11H,1H3,(H,22,24)/b21-11-. The number of halogens is 1. The van der Waals surface area contributed by atoms with Crippen LogP contribution in [0.4, 0.5) is 5.69 Å². The van der Waals surface area contributed by atoms with E-state index in [9.17, 15) is 14.9 Å². The van der Waals surface area contributed by atoms with E-state index in [1.165, 1.54) is 24.4 Å². The lowest BCUT2D eigenvalue weighted by atomic mass is 10.1. The Morgan fingerprint density at radius 1 is 1.22 bits per heavy atom. The van der Waals surface area contributed by atoms with Crippen LogP contribution in [0.2, 0.25) is 5.02 Å². The van der Waals surface area contributed by atoms with Crippen LogP contribution in [0, 0.1) is 17.0 Å². The van der Waals surface area contributed by atoms with Crippen LogP contribution in [0.1, 0.15) is 21.7 Å². The van der Waals surface area contributed by atoms with E-state index in [2.05, 4.69) is 10.5 Å². The number of benzene rings is 2. The number of hydrogen-bond acceptors (Lipinski definition) is 5. The highest BCUT2D eigenvalue weighted by molar-refractivity contribution is 6.33. The van der Waals surface area contributed by atoms with Gasteiger partial charge in [-0.05, 0) is 36.8 Å². The second kappa shape index (κ2) is 7.84. The van der Waals surface area contributed by atoms with Gasteiger partial charge < -0.3 is 4.42 Å². The number of nitro groups is 1. The first-order chi connectivity index (χ1) is 13.0. The number of rotatable bonds is 5. The zero-order valence-corrected chi connectivity index (χ0v) is 14.9. The summed E-state index contributed by atoms with van der Waals surface area (Å²) in [5.41, 5.74) is 4.24. The van der Waals surface area contributed by atoms with Crippen LogP contribution in [-0.2, 0) is 0 Å². The van der Waals surface area contributed by atoms with E-state index in [-0.39, 0.29) is 16.6 Å². The lowest BCUT2D eigenvalue weighted by molar-refractivity contribution is -0.384. The van der Waals surface area contributed by atoms with Crippen molar-refractivity contribution in [3.05, 3.63) is 86.6 Å². The summed E-state index contributed by atoms with van der Waals surface area (Å²) >= 11 is 6.09.